The Labute approximate surface area is 152 Å². The lowest BCUT2D eigenvalue weighted by Crippen LogP contribution is -2.35. The maximum atomic E-state index is 12.1. The second kappa shape index (κ2) is 6.94. The van der Waals surface area contributed by atoms with Gasteiger partial charge in [-0.3, -0.25) is 9.59 Å². The summed E-state index contributed by atoms with van der Waals surface area (Å²) >= 11 is 0. The Bertz CT molecular complexity index is 879. The molecule has 2 amide bonds. The third-order valence-electron chi connectivity index (χ3n) is 5.17. The van der Waals surface area contributed by atoms with Gasteiger partial charge in [0.2, 0.25) is 11.8 Å². The largest absolute Gasteiger partial charge is 0.353 e. The standard InChI is InChI=1S/C20H24N4O2/c1-2-18(25)22-14-7-5-12(6-8-14)16-11-17(24-20(26)13-3-4-13)23-19-15(16)9-10-21-19/h5,9-11,13-14H,2-4,6-8H2,1H3,(H,22,25)(H2,21,23,24,26). The first kappa shape index (κ1) is 16.8. The summed E-state index contributed by atoms with van der Waals surface area (Å²) in [5, 5.41) is 7.09. The van der Waals surface area contributed by atoms with Crippen molar-refractivity contribution < 1.29 is 9.59 Å². The summed E-state index contributed by atoms with van der Waals surface area (Å²) in [5.41, 5.74) is 3.15. The van der Waals surface area contributed by atoms with Crippen LogP contribution >= 0.6 is 0 Å². The average molecular weight is 352 g/mol. The van der Waals surface area contributed by atoms with E-state index in [-0.39, 0.29) is 23.8 Å². The molecule has 4 rings (SSSR count). The molecule has 2 heterocycles. The Kier molecular flexibility index (Phi) is 4.49. The Balaban J connectivity index is 1.58. The highest BCUT2D eigenvalue weighted by Crippen LogP contribution is 2.34. The number of hydrogen-bond acceptors (Lipinski definition) is 3. The van der Waals surface area contributed by atoms with E-state index in [9.17, 15) is 9.59 Å². The fourth-order valence-corrected chi connectivity index (χ4v) is 3.48. The molecule has 2 aliphatic rings. The van der Waals surface area contributed by atoms with E-state index in [1.807, 2.05) is 25.3 Å². The number of fused-ring (bicyclic) bond motifs is 1. The molecule has 1 fully saturated rings. The predicted molar refractivity (Wildman–Crippen MR) is 101 cm³/mol. The second-order valence-corrected chi connectivity index (χ2v) is 7.18. The van der Waals surface area contributed by atoms with Gasteiger partial charge in [0.1, 0.15) is 11.5 Å². The lowest BCUT2D eigenvalue weighted by atomic mass is 9.89. The van der Waals surface area contributed by atoms with Gasteiger partial charge in [-0.1, -0.05) is 13.0 Å². The molecular formula is C20H24N4O2. The molecule has 0 aliphatic heterocycles. The Morgan fingerprint density at radius 1 is 1.31 bits per heavy atom. The van der Waals surface area contributed by atoms with Gasteiger partial charge in [-0.25, -0.2) is 4.98 Å². The number of carbonyl (C=O) groups is 2. The van der Waals surface area contributed by atoms with Crippen molar-refractivity contribution >= 4 is 34.2 Å². The number of rotatable bonds is 5. The van der Waals surface area contributed by atoms with E-state index in [2.05, 4.69) is 26.7 Å². The zero-order valence-corrected chi connectivity index (χ0v) is 15.0. The lowest BCUT2D eigenvalue weighted by Gasteiger charge is -2.23. The first-order chi connectivity index (χ1) is 12.6. The molecule has 0 spiro atoms. The van der Waals surface area contributed by atoms with Crippen LogP contribution in [-0.2, 0) is 9.59 Å². The zero-order chi connectivity index (χ0) is 18.1. The number of aromatic amines is 1. The molecule has 3 N–H and O–H groups in total. The molecule has 0 saturated heterocycles. The van der Waals surface area contributed by atoms with E-state index >= 15 is 0 Å². The molecule has 1 unspecified atom stereocenters. The maximum absolute atomic E-state index is 12.1. The van der Waals surface area contributed by atoms with Crippen molar-refractivity contribution in [3.05, 3.63) is 30.0 Å². The van der Waals surface area contributed by atoms with Crippen molar-refractivity contribution in [3.63, 3.8) is 0 Å². The molecule has 2 aromatic rings. The van der Waals surface area contributed by atoms with Gasteiger partial charge in [0.25, 0.3) is 0 Å². The molecule has 136 valence electrons. The number of anilines is 1. The highest BCUT2D eigenvalue weighted by Gasteiger charge is 2.30. The molecular weight excluding hydrogens is 328 g/mol. The summed E-state index contributed by atoms with van der Waals surface area (Å²) in [5.74, 6) is 0.925. The summed E-state index contributed by atoms with van der Waals surface area (Å²) in [6.07, 6.45) is 9.20. The predicted octanol–water partition coefficient (Wildman–Crippen LogP) is 3.37. The summed E-state index contributed by atoms with van der Waals surface area (Å²) in [4.78, 5) is 31.4. The minimum absolute atomic E-state index is 0.0642. The van der Waals surface area contributed by atoms with Crippen LogP contribution in [0.5, 0.6) is 0 Å². The number of aromatic nitrogens is 2. The van der Waals surface area contributed by atoms with Gasteiger partial charge in [0.15, 0.2) is 0 Å². The van der Waals surface area contributed by atoms with Crippen LogP contribution < -0.4 is 10.6 Å². The van der Waals surface area contributed by atoms with Crippen LogP contribution in [0.3, 0.4) is 0 Å². The normalized spacial score (nSPS) is 19.9. The van der Waals surface area contributed by atoms with E-state index < -0.39 is 0 Å². The topological polar surface area (TPSA) is 86.9 Å². The van der Waals surface area contributed by atoms with E-state index in [1.54, 1.807) is 0 Å². The molecule has 2 aliphatic carbocycles. The molecule has 6 heteroatoms. The first-order valence-corrected chi connectivity index (χ1v) is 9.41. The van der Waals surface area contributed by atoms with E-state index in [0.717, 1.165) is 48.7 Å². The smallest absolute Gasteiger partial charge is 0.228 e. The van der Waals surface area contributed by atoms with E-state index in [1.165, 1.54) is 5.57 Å². The van der Waals surface area contributed by atoms with Crippen LogP contribution in [-0.4, -0.2) is 27.8 Å². The number of H-pyrrole nitrogens is 1. The number of pyridine rings is 1. The minimum Gasteiger partial charge on any atom is -0.353 e. The maximum Gasteiger partial charge on any atom is 0.228 e. The van der Waals surface area contributed by atoms with E-state index in [4.69, 9.17) is 0 Å². The van der Waals surface area contributed by atoms with Crippen molar-refractivity contribution in [1.29, 1.82) is 0 Å². The van der Waals surface area contributed by atoms with Crippen molar-refractivity contribution in [3.8, 4) is 0 Å². The molecule has 26 heavy (non-hydrogen) atoms. The summed E-state index contributed by atoms with van der Waals surface area (Å²) < 4.78 is 0. The van der Waals surface area contributed by atoms with Gasteiger partial charge < -0.3 is 15.6 Å². The Morgan fingerprint density at radius 3 is 2.85 bits per heavy atom. The molecule has 0 bridgehead atoms. The highest BCUT2D eigenvalue weighted by molar-refractivity contribution is 5.97. The van der Waals surface area contributed by atoms with Crippen LogP contribution in [0.4, 0.5) is 5.82 Å². The van der Waals surface area contributed by atoms with Crippen LogP contribution in [0.15, 0.2) is 24.4 Å². The third-order valence-corrected chi connectivity index (χ3v) is 5.17. The van der Waals surface area contributed by atoms with Gasteiger partial charge in [0.05, 0.1) is 0 Å². The molecule has 2 aromatic heterocycles. The Morgan fingerprint density at radius 2 is 2.15 bits per heavy atom. The third kappa shape index (κ3) is 3.49. The number of nitrogens with zero attached hydrogens (tertiary/aromatic N) is 1. The molecule has 1 saturated carbocycles. The summed E-state index contributed by atoms with van der Waals surface area (Å²) in [7, 11) is 0. The van der Waals surface area contributed by atoms with E-state index in [0.29, 0.717) is 12.2 Å². The van der Waals surface area contributed by atoms with Crippen LogP contribution in [0.25, 0.3) is 16.6 Å². The number of carbonyl (C=O) groups excluding carboxylic acids is 2. The van der Waals surface area contributed by atoms with Gasteiger partial charge in [-0.05, 0) is 55.4 Å². The zero-order valence-electron chi connectivity index (χ0n) is 15.0. The number of hydrogen-bond donors (Lipinski definition) is 3. The monoisotopic (exact) mass is 352 g/mol. The quantitative estimate of drug-likeness (QED) is 0.771. The average Bonchev–Trinajstić information content (AvgIpc) is 3.40. The highest BCUT2D eigenvalue weighted by atomic mass is 16.2. The summed E-state index contributed by atoms with van der Waals surface area (Å²) in [6, 6.07) is 4.22. The fourth-order valence-electron chi connectivity index (χ4n) is 3.48. The molecule has 6 nitrogen and oxygen atoms in total. The lowest BCUT2D eigenvalue weighted by molar-refractivity contribution is -0.121. The van der Waals surface area contributed by atoms with Crippen molar-refractivity contribution in [2.24, 2.45) is 5.92 Å². The van der Waals surface area contributed by atoms with Gasteiger partial charge >= 0.3 is 0 Å². The molecule has 0 radical (unpaired) electrons. The van der Waals surface area contributed by atoms with Crippen LogP contribution in [0.2, 0.25) is 0 Å². The molecule has 1 atom stereocenters. The van der Waals surface area contributed by atoms with Gasteiger partial charge in [-0.2, -0.15) is 0 Å². The van der Waals surface area contributed by atoms with Crippen LogP contribution in [0, 0.1) is 5.92 Å². The second-order valence-electron chi connectivity index (χ2n) is 7.18. The van der Waals surface area contributed by atoms with Gasteiger partial charge in [0, 0.05) is 30.0 Å². The summed E-state index contributed by atoms with van der Waals surface area (Å²) in [6.45, 7) is 1.87. The number of allylic oxidation sites excluding steroid dienone is 1. The van der Waals surface area contributed by atoms with Crippen molar-refractivity contribution in [1.82, 2.24) is 15.3 Å². The number of amides is 2. The van der Waals surface area contributed by atoms with Crippen molar-refractivity contribution in [2.75, 3.05) is 5.32 Å². The SMILES string of the molecule is CCC(=O)NC1CC=C(c2cc(NC(=O)C3CC3)nc3[nH]ccc23)CC1. The minimum atomic E-state index is 0.0642. The molecule has 0 aromatic carbocycles. The van der Waals surface area contributed by atoms with Crippen molar-refractivity contribution in [2.45, 2.75) is 51.5 Å². The van der Waals surface area contributed by atoms with Gasteiger partial charge in [-0.15, -0.1) is 0 Å². The van der Waals surface area contributed by atoms with Crippen LogP contribution in [0.1, 0.15) is 51.0 Å². The fraction of sp³-hybridized carbons (Fsp3) is 0.450. The Hall–Kier alpha value is -2.63. The first-order valence-electron chi connectivity index (χ1n) is 9.41. The number of nitrogens with one attached hydrogen (secondary N) is 3.